The van der Waals surface area contributed by atoms with Gasteiger partial charge in [-0.3, -0.25) is 4.79 Å². The number of alkyl halides is 5. The molecule has 3 atom stereocenters. The van der Waals surface area contributed by atoms with Gasteiger partial charge in [0.2, 0.25) is 0 Å². The summed E-state index contributed by atoms with van der Waals surface area (Å²) in [5, 5.41) is 0. The van der Waals surface area contributed by atoms with Crippen LogP contribution in [0.15, 0.2) is 0 Å². The molecule has 0 amide bonds. The van der Waals surface area contributed by atoms with Gasteiger partial charge in [0.1, 0.15) is 17.6 Å². The van der Waals surface area contributed by atoms with Crippen LogP contribution in [0.1, 0.15) is 65.2 Å². The van der Waals surface area contributed by atoms with Gasteiger partial charge in [0, 0.05) is 6.42 Å². The van der Waals surface area contributed by atoms with Gasteiger partial charge in [0.15, 0.2) is 0 Å². The molecule has 0 aliphatic heterocycles. The third-order valence-corrected chi connectivity index (χ3v) is 6.32. The number of rotatable bonds is 6. The Labute approximate surface area is 160 Å². The lowest BCUT2D eigenvalue weighted by atomic mass is 9.52. The van der Waals surface area contributed by atoms with Crippen LogP contribution >= 0.6 is 0 Å². The van der Waals surface area contributed by atoms with Crippen LogP contribution in [0.2, 0.25) is 0 Å². The van der Waals surface area contributed by atoms with E-state index in [4.69, 9.17) is 9.47 Å². The lowest BCUT2D eigenvalue weighted by Gasteiger charge is -2.60. The van der Waals surface area contributed by atoms with Gasteiger partial charge in [-0.2, -0.15) is 22.0 Å². The maximum Gasteiger partial charge on any atom is 0.395 e. The summed E-state index contributed by atoms with van der Waals surface area (Å²) in [4.78, 5) is 24.3. The minimum Gasteiger partial charge on any atom is -0.459 e. The molecule has 4 rings (SSSR count). The summed E-state index contributed by atoms with van der Waals surface area (Å²) in [6.07, 6.45) is -4.46. The first-order valence-electron chi connectivity index (χ1n) is 9.68. The topological polar surface area (TPSA) is 52.6 Å². The average Bonchev–Trinajstić information content (AvgIpc) is 2.49. The van der Waals surface area contributed by atoms with E-state index in [1.165, 1.54) is 0 Å². The van der Waals surface area contributed by atoms with Gasteiger partial charge >= 0.3 is 24.0 Å². The fourth-order valence-corrected chi connectivity index (χ4v) is 5.41. The van der Waals surface area contributed by atoms with Crippen LogP contribution in [0.25, 0.3) is 0 Å². The summed E-state index contributed by atoms with van der Waals surface area (Å²) in [6, 6.07) is 0. The van der Waals surface area contributed by atoms with E-state index in [1.54, 1.807) is 6.92 Å². The van der Waals surface area contributed by atoms with E-state index < -0.39 is 35.7 Å². The Morgan fingerprint density at radius 3 is 1.96 bits per heavy atom. The molecule has 0 saturated heterocycles. The highest BCUT2D eigenvalue weighted by atomic mass is 19.4. The molecule has 160 valence electrons. The van der Waals surface area contributed by atoms with Crippen molar-refractivity contribution in [2.75, 3.05) is 0 Å². The van der Waals surface area contributed by atoms with E-state index in [9.17, 15) is 31.5 Å². The van der Waals surface area contributed by atoms with E-state index in [1.807, 2.05) is 6.92 Å². The highest BCUT2D eigenvalue weighted by Gasteiger charge is 2.63. The maximum atomic E-state index is 13.8. The summed E-state index contributed by atoms with van der Waals surface area (Å²) in [5.41, 5.74) is -2.17. The van der Waals surface area contributed by atoms with Crippen LogP contribution in [0.5, 0.6) is 0 Å². The van der Waals surface area contributed by atoms with Crippen molar-refractivity contribution in [1.29, 1.82) is 0 Å². The van der Waals surface area contributed by atoms with E-state index in [2.05, 4.69) is 0 Å². The molecule has 0 spiro atoms. The Morgan fingerprint density at radius 2 is 1.50 bits per heavy atom. The third-order valence-electron chi connectivity index (χ3n) is 6.32. The molecule has 4 saturated carbocycles. The number of ether oxygens (including phenoxy) is 2. The number of carbonyl (C=O) groups is 2. The molecule has 0 heterocycles. The number of carbonyl (C=O) groups excluding carboxylic acids is 2. The Hall–Kier alpha value is -1.41. The summed E-state index contributed by atoms with van der Waals surface area (Å²) in [6.45, 7) is 3.58. The van der Waals surface area contributed by atoms with Crippen LogP contribution in [0.4, 0.5) is 22.0 Å². The summed E-state index contributed by atoms with van der Waals surface area (Å²) >= 11 is 0. The Morgan fingerprint density at radius 1 is 1.00 bits per heavy atom. The summed E-state index contributed by atoms with van der Waals surface area (Å²) < 4.78 is 75.5. The molecule has 9 heteroatoms. The molecule has 4 aliphatic rings. The number of hydrogen-bond acceptors (Lipinski definition) is 4. The number of halogens is 5. The van der Waals surface area contributed by atoms with E-state index in [-0.39, 0.29) is 30.1 Å². The van der Waals surface area contributed by atoms with Gasteiger partial charge in [-0.25, -0.2) is 4.79 Å². The van der Waals surface area contributed by atoms with Crippen molar-refractivity contribution in [1.82, 2.24) is 0 Å². The maximum absolute atomic E-state index is 13.8. The predicted molar refractivity (Wildman–Crippen MR) is 87.4 cm³/mol. The smallest absolute Gasteiger partial charge is 0.395 e. The highest BCUT2D eigenvalue weighted by molar-refractivity contribution is 5.78. The zero-order chi connectivity index (χ0) is 21.0. The summed E-state index contributed by atoms with van der Waals surface area (Å²) in [5.74, 6) is -7.40. The first kappa shape index (κ1) is 21.3. The van der Waals surface area contributed by atoms with Crippen LogP contribution < -0.4 is 0 Å². The lowest BCUT2D eigenvalue weighted by Crippen LogP contribution is -2.62. The van der Waals surface area contributed by atoms with Crippen molar-refractivity contribution in [3.63, 3.8) is 0 Å². The van der Waals surface area contributed by atoms with E-state index in [0.717, 1.165) is 6.42 Å². The van der Waals surface area contributed by atoms with Crippen LogP contribution in [-0.4, -0.2) is 35.2 Å². The van der Waals surface area contributed by atoms with Gasteiger partial charge in [-0.05, 0) is 50.4 Å². The van der Waals surface area contributed by atoms with Crippen molar-refractivity contribution < 1.29 is 41.0 Å². The fraction of sp³-hybridized carbons (Fsp3) is 0.895. The zero-order valence-electron chi connectivity index (χ0n) is 15.9. The van der Waals surface area contributed by atoms with Crippen molar-refractivity contribution in [2.45, 2.75) is 88.5 Å². The largest absolute Gasteiger partial charge is 0.459 e. The monoisotopic (exact) mass is 412 g/mol. The molecule has 0 aromatic carbocycles. The minimum atomic E-state index is -5.18. The van der Waals surface area contributed by atoms with Crippen LogP contribution in [0, 0.1) is 17.8 Å². The fourth-order valence-electron chi connectivity index (χ4n) is 5.41. The zero-order valence-corrected chi connectivity index (χ0v) is 15.9. The first-order valence-corrected chi connectivity index (χ1v) is 9.68. The molecular formula is C19H25F5O4. The Kier molecular flexibility index (Phi) is 5.20. The number of esters is 2. The first-order chi connectivity index (χ1) is 12.8. The molecule has 4 nitrogen and oxygen atoms in total. The molecule has 4 aliphatic carbocycles. The molecule has 4 fully saturated rings. The molecule has 0 N–H and O–H groups in total. The van der Waals surface area contributed by atoms with Gasteiger partial charge in [0.05, 0.1) is 5.92 Å². The Bertz CT molecular complexity index is 631. The Balaban J connectivity index is 1.77. The molecule has 3 unspecified atom stereocenters. The second-order valence-corrected chi connectivity index (χ2v) is 8.94. The molecule has 28 heavy (non-hydrogen) atoms. The SMILES string of the molecule is CCC(C)C(=O)OC12CC3CC(C1)CC(OC(=O)C(F)(F)CC(F)(F)F)(C3)C2. The van der Waals surface area contributed by atoms with Gasteiger partial charge in [-0.1, -0.05) is 13.8 Å². The average molecular weight is 412 g/mol. The molecule has 0 aromatic rings. The molecule has 0 radical (unpaired) electrons. The van der Waals surface area contributed by atoms with Gasteiger partial charge < -0.3 is 9.47 Å². The molecule has 4 bridgehead atoms. The molecular weight excluding hydrogens is 387 g/mol. The van der Waals surface area contributed by atoms with Crippen molar-refractivity contribution in [3.8, 4) is 0 Å². The van der Waals surface area contributed by atoms with Crippen molar-refractivity contribution >= 4 is 11.9 Å². The number of hydrogen-bond donors (Lipinski definition) is 0. The second-order valence-electron chi connectivity index (χ2n) is 8.94. The van der Waals surface area contributed by atoms with Crippen molar-refractivity contribution in [3.05, 3.63) is 0 Å². The summed E-state index contributed by atoms with van der Waals surface area (Å²) in [7, 11) is 0. The highest BCUT2D eigenvalue weighted by Crippen LogP contribution is 2.60. The van der Waals surface area contributed by atoms with E-state index in [0.29, 0.717) is 32.1 Å². The van der Waals surface area contributed by atoms with Crippen LogP contribution in [0.3, 0.4) is 0 Å². The van der Waals surface area contributed by atoms with Crippen LogP contribution in [-0.2, 0) is 19.1 Å². The third kappa shape index (κ3) is 4.27. The normalized spacial score (nSPS) is 35.5. The van der Waals surface area contributed by atoms with Crippen molar-refractivity contribution in [2.24, 2.45) is 17.8 Å². The quantitative estimate of drug-likeness (QED) is 0.465. The second kappa shape index (κ2) is 6.83. The lowest BCUT2D eigenvalue weighted by molar-refractivity contribution is -0.251. The standard InChI is InChI=1S/C19H25F5O4/c1-3-11(2)14(25)27-16-5-12-4-13(6-16)8-17(7-12,9-16)28-15(26)18(20,21)10-19(22,23)24/h11-13H,3-10H2,1-2H3. The molecule has 0 aromatic heterocycles. The van der Waals surface area contributed by atoms with Gasteiger partial charge in [0.25, 0.3) is 0 Å². The van der Waals surface area contributed by atoms with Gasteiger partial charge in [-0.15, -0.1) is 0 Å². The predicted octanol–water partition coefficient (Wildman–Crippen LogP) is 4.80. The minimum absolute atomic E-state index is 0.0371. The van der Waals surface area contributed by atoms with E-state index >= 15 is 0 Å².